The number of amidine groups is 1. The van der Waals surface area contributed by atoms with E-state index >= 15 is 0 Å². The van der Waals surface area contributed by atoms with Crippen LogP contribution in [0.4, 0.5) is 5.69 Å². The molecule has 5 nitrogen and oxygen atoms in total. The normalized spacial score (nSPS) is 21.4. The van der Waals surface area contributed by atoms with Crippen LogP contribution in [-0.2, 0) is 0 Å². The number of benzene rings is 1. The van der Waals surface area contributed by atoms with Crippen LogP contribution in [-0.4, -0.2) is 35.3 Å². The molecule has 0 unspecified atom stereocenters. The van der Waals surface area contributed by atoms with Crippen molar-refractivity contribution in [2.24, 2.45) is 10.9 Å². The predicted molar refractivity (Wildman–Crippen MR) is 61.8 cm³/mol. The number of aliphatic hydroxyl groups excluding tert-OH is 1. The lowest BCUT2D eigenvalue weighted by Gasteiger charge is -2.20. The minimum absolute atomic E-state index is 0.0944. The molecule has 0 aliphatic carbocycles. The van der Waals surface area contributed by atoms with Crippen molar-refractivity contribution in [1.29, 1.82) is 0 Å². The largest absolute Gasteiger partial charge is 0.409 e. The second-order valence-electron chi connectivity index (χ2n) is 3.89. The van der Waals surface area contributed by atoms with Crippen LogP contribution < -0.4 is 10.6 Å². The Morgan fingerprint density at radius 3 is 2.81 bits per heavy atom. The zero-order chi connectivity index (χ0) is 11.5. The van der Waals surface area contributed by atoms with Crippen LogP contribution in [0.5, 0.6) is 0 Å². The van der Waals surface area contributed by atoms with Crippen LogP contribution in [0.3, 0.4) is 0 Å². The summed E-state index contributed by atoms with van der Waals surface area (Å²) in [5, 5.41) is 21.2. The van der Waals surface area contributed by atoms with Gasteiger partial charge in [-0.25, -0.2) is 0 Å². The monoisotopic (exact) mass is 221 g/mol. The third-order valence-corrected chi connectivity index (χ3v) is 2.79. The fraction of sp³-hybridized carbons (Fsp3) is 0.364. The first kappa shape index (κ1) is 10.8. The lowest BCUT2D eigenvalue weighted by molar-refractivity contribution is 0.198. The molecule has 4 N–H and O–H groups in total. The zero-order valence-electron chi connectivity index (χ0n) is 8.87. The van der Waals surface area contributed by atoms with Gasteiger partial charge in [-0.15, -0.1) is 0 Å². The van der Waals surface area contributed by atoms with Crippen molar-refractivity contribution in [3.05, 3.63) is 29.8 Å². The van der Waals surface area contributed by atoms with Gasteiger partial charge in [0.1, 0.15) is 0 Å². The van der Waals surface area contributed by atoms with Crippen molar-refractivity contribution in [1.82, 2.24) is 0 Å². The summed E-state index contributed by atoms with van der Waals surface area (Å²) in [7, 11) is 0. The molecule has 1 fully saturated rings. The van der Waals surface area contributed by atoms with E-state index in [4.69, 9.17) is 10.9 Å². The summed E-state index contributed by atoms with van der Waals surface area (Å²) in [5.41, 5.74) is 7.20. The second-order valence-corrected chi connectivity index (χ2v) is 3.89. The molecule has 1 saturated heterocycles. The Balaban J connectivity index is 2.33. The molecule has 0 radical (unpaired) electrons. The molecule has 0 aromatic heterocycles. The lowest BCUT2D eigenvalue weighted by atomic mass is 10.1. The Morgan fingerprint density at radius 1 is 1.44 bits per heavy atom. The summed E-state index contributed by atoms with van der Waals surface area (Å²) in [4.78, 5) is 2.04. The van der Waals surface area contributed by atoms with Gasteiger partial charge >= 0.3 is 0 Å². The third kappa shape index (κ3) is 1.94. The van der Waals surface area contributed by atoms with E-state index < -0.39 is 0 Å². The summed E-state index contributed by atoms with van der Waals surface area (Å²) >= 11 is 0. The van der Waals surface area contributed by atoms with Gasteiger partial charge in [0.15, 0.2) is 5.84 Å². The van der Waals surface area contributed by atoms with Gasteiger partial charge in [-0.3, -0.25) is 0 Å². The molecule has 1 atom stereocenters. The number of rotatable bonds is 2. The summed E-state index contributed by atoms with van der Waals surface area (Å²) in [6.07, 6.45) is 0.463. The highest BCUT2D eigenvalue weighted by atomic mass is 16.4. The van der Waals surface area contributed by atoms with E-state index in [1.807, 2.05) is 23.1 Å². The van der Waals surface area contributed by atoms with E-state index in [-0.39, 0.29) is 11.9 Å². The number of oxime groups is 1. The molecule has 86 valence electrons. The van der Waals surface area contributed by atoms with Crippen molar-refractivity contribution < 1.29 is 10.3 Å². The van der Waals surface area contributed by atoms with E-state index in [1.54, 1.807) is 6.07 Å². The van der Waals surface area contributed by atoms with Gasteiger partial charge in [0.25, 0.3) is 0 Å². The molecule has 1 aromatic carbocycles. The van der Waals surface area contributed by atoms with Crippen molar-refractivity contribution in [2.75, 3.05) is 18.0 Å². The molecular weight excluding hydrogens is 206 g/mol. The SMILES string of the molecule is N/C(=N/O)c1ccccc1N1CC[C@@H](O)C1. The van der Waals surface area contributed by atoms with Gasteiger partial charge < -0.3 is 20.9 Å². The number of hydrogen-bond donors (Lipinski definition) is 3. The van der Waals surface area contributed by atoms with Gasteiger partial charge in [-0.2, -0.15) is 0 Å². The maximum Gasteiger partial charge on any atom is 0.172 e. The maximum absolute atomic E-state index is 9.50. The average molecular weight is 221 g/mol. The molecule has 1 heterocycles. The quantitative estimate of drug-likeness (QED) is 0.291. The molecule has 2 rings (SSSR count). The van der Waals surface area contributed by atoms with Crippen LogP contribution in [0.2, 0.25) is 0 Å². The van der Waals surface area contributed by atoms with Crippen LogP contribution in [0.1, 0.15) is 12.0 Å². The fourth-order valence-electron chi connectivity index (χ4n) is 1.98. The van der Waals surface area contributed by atoms with Crippen molar-refractivity contribution in [2.45, 2.75) is 12.5 Å². The Kier molecular flexibility index (Phi) is 2.96. The summed E-state index contributed by atoms with van der Waals surface area (Å²) in [5.74, 6) is 0.0944. The molecule has 0 spiro atoms. The minimum Gasteiger partial charge on any atom is -0.409 e. The van der Waals surface area contributed by atoms with Crippen LogP contribution in [0.25, 0.3) is 0 Å². The fourth-order valence-corrected chi connectivity index (χ4v) is 1.98. The van der Waals surface area contributed by atoms with Gasteiger partial charge in [-0.05, 0) is 18.6 Å². The Bertz CT molecular complexity index is 406. The van der Waals surface area contributed by atoms with Gasteiger partial charge in [0, 0.05) is 24.3 Å². The standard InChI is InChI=1S/C11H15N3O2/c12-11(13-16)9-3-1-2-4-10(9)14-6-5-8(15)7-14/h1-4,8,15-16H,5-7H2,(H2,12,13)/t8-/m1/s1. The molecule has 16 heavy (non-hydrogen) atoms. The molecule has 0 saturated carbocycles. The molecule has 1 aliphatic rings. The van der Waals surface area contributed by atoms with Crippen LogP contribution in [0, 0.1) is 0 Å². The predicted octanol–water partition coefficient (Wildman–Crippen LogP) is 0.352. The number of nitrogens with two attached hydrogens (primary N) is 1. The Hall–Kier alpha value is -1.75. The average Bonchev–Trinajstić information content (AvgIpc) is 2.75. The number of β-amino-alcohol motifs (C(OH)–C–C–N with tert-alkyl or cyclic N) is 1. The van der Waals surface area contributed by atoms with E-state index in [9.17, 15) is 5.11 Å². The van der Waals surface area contributed by atoms with E-state index in [0.29, 0.717) is 12.1 Å². The van der Waals surface area contributed by atoms with E-state index in [2.05, 4.69) is 5.16 Å². The zero-order valence-corrected chi connectivity index (χ0v) is 8.87. The van der Waals surface area contributed by atoms with Crippen LogP contribution >= 0.6 is 0 Å². The summed E-state index contributed by atoms with van der Waals surface area (Å²) in [6, 6.07) is 7.44. The van der Waals surface area contributed by atoms with Crippen LogP contribution in [0.15, 0.2) is 29.4 Å². The molecule has 1 aliphatic heterocycles. The number of aliphatic hydroxyl groups is 1. The molecule has 1 aromatic rings. The minimum atomic E-state index is -0.291. The Morgan fingerprint density at radius 2 is 2.19 bits per heavy atom. The van der Waals surface area contributed by atoms with E-state index in [1.165, 1.54) is 0 Å². The number of nitrogens with zero attached hydrogens (tertiary/aromatic N) is 2. The molecular formula is C11H15N3O2. The first-order valence-corrected chi connectivity index (χ1v) is 5.22. The number of para-hydroxylation sites is 1. The second kappa shape index (κ2) is 4.40. The summed E-state index contributed by atoms with van der Waals surface area (Å²) < 4.78 is 0. The van der Waals surface area contributed by atoms with E-state index in [0.717, 1.165) is 18.7 Å². The lowest BCUT2D eigenvalue weighted by Crippen LogP contribution is -2.25. The van der Waals surface area contributed by atoms with Gasteiger partial charge in [0.2, 0.25) is 0 Å². The first-order chi connectivity index (χ1) is 7.72. The highest BCUT2D eigenvalue weighted by Crippen LogP contribution is 2.24. The van der Waals surface area contributed by atoms with Gasteiger partial charge in [0.05, 0.1) is 6.10 Å². The smallest absolute Gasteiger partial charge is 0.172 e. The Labute approximate surface area is 93.8 Å². The number of anilines is 1. The number of hydrogen-bond acceptors (Lipinski definition) is 4. The molecule has 0 bridgehead atoms. The first-order valence-electron chi connectivity index (χ1n) is 5.22. The highest BCUT2D eigenvalue weighted by Gasteiger charge is 2.22. The van der Waals surface area contributed by atoms with Crippen molar-refractivity contribution in [3.8, 4) is 0 Å². The van der Waals surface area contributed by atoms with Crippen molar-refractivity contribution in [3.63, 3.8) is 0 Å². The molecule has 5 heteroatoms. The summed E-state index contributed by atoms with van der Waals surface area (Å²) in [6.45, 7) is 1.38. The third-order valence-electron chi connectivity index (χ3n) is 2.79. The molecule has 0 amide bonds. The van der Waals surface area contributed by atoms with Gasteiger partial charge in [-0.1, -0.05) is 17.3 Å². The van der Waals surface area contributed by atoms with Crippen molar-refractivity contribution >= 4 is 11.5 Å². The topological polar surface area (TPSA) is 82.1 Å². The maximum atomic E-state index is 9.50. The highest BCUT2D eigenvalue weighted by molar-refractivity contribution is 6.02.